The molecule has 3 rings (SSSR count). The lowest BCUT2D eigenvalue weighted by molar-refractivity contribution is 0.258. The molecule has 0 aliphatic carbocycles. The minimum Gasteiger partial charge on any atom is -0.476 e. The predicted octanol–water partition coefficient (Wildman–Crippen LogP) is 4.90. The molecular weight excluding hydrogens is 398 g/mol. The molecule has 158 valence electrons. The molecule has 0 saturated heterocycles. The van der Waals surface area contributed by atoms with Gasteiger partial charge in [-0.05, 0) is 56.0 Å². The van der Waals surface area contributed by atoms with Crippen molar-refractivity contribution in [2.75, 3.05) is 11.3 Å². The Balaban J connectivity index is 1.84. The van der Waals surface area contributed by atoms with Gasteiger partial charge in [-0.1, -0.05) is 43.7 Å². The van der Waals surface area contributed by atoms with Crippen LogP contribution in [0.2, 0.25) is 0 Å². The first-order valence-electron chi connectivity index (χ1n) is 9.83. The Hall–Kier alpha value is -2.93. The van der Waals surface area contributed by atoms with Crippen molar-refractivity contribution in [2.45, 2.75) is 39.5 Å². The molecule has 0 saturated carbocycles. The Morgan fingerprint density at radius 3 is 2.27 bits per heavy atom. The van der Waals surface area contributed by atoms with E-state index in [0.717, 1.165) is 22.3 Å². The van der Waals surface area contributed by atoms with Crippen molar-refractivity contribution in [2.24, 2.45) is 5.92 Å². The van der Waals surface area contributed by atoms with Gasteiger partial charge >= 0.3 is 0 Å². The zero-order valence-electron chi connectivity index (χ0n) is 17.9. The number of anilines is 1. The summed E-state index contributed by atoms with van der Waals surface area (Å²) in [5.74, 6) is 0.867. The van der Waals surface area contributed by atoms with Gasteiger partial charge in [-0.15, -0.1) is 10.2 Å². The third kappa shape index (κ3) is 5.16. The third-order valence-corrected chi connectivity index (χ3v) is 6.17. The standard InChI is InChI=1S/C23H27N3O3S/c1-15(2)14-29-22-10-9-21(24-25-22)19-7-6-8-20(13-19)26-30(27,28)23-17(4)11-16(3)12-18(23)5/h6-13,15,26H,14H2,1-5H3. The van der Waals surface area contributed by atoms with Gasteiger partial charge in [-0.2, -0.15) is 0 Å². The highest BCUT2D eigenvalue weighted by Crippen LogP contribution is 2.26. The van der Waals surface area contributed by atoms with E-state index in [0.29, 0.717) is 34.7 Å². The Kier molecular flexibility index (Phi) is 6.41. The van der Waals surface area contributed by atoms with E-state index in [1.54, 1.807) is 24.3 Å². The minimum absolute atomic E-state index is 0.310. The summed E-state index contributed by atoms with van der Waals surface area (Å²) in [6.45, 7) is 10.3. The second kappa shape index (κ2) is 8.83. The van der Waals surface area contributed by atoms with Gasteiger partial charge in [0, 0.05) is 17.3 Å². The average Bonchev–Trinajstić information content (AvgIpc) is 2.65. The van der Waals surface area contributed by atoms with Crippen molar-refractivity contribution in [1.82, 2.24) is 10.2 Å². The molecule has 6 nitrogen and oxygen atoms in total. The maximum atomic E-state index is 13.0. The summed E-state index contributed by atoms with van der Waals surface area (Å²) in [6.07, 6.45) is 0. The Labute approximate surface area is 178 Å². The number of hydrogen-bond donors (Lipinski definition) is 1. The highest BCUT2D eigenvalue weighted by Gasteiger charge is 2.20. The SMILES string of the molecule is Cc1cc(C)c(S(=O)(=O)Nc2cccc(-c3ccc(OCC(C)C)nn3)c2)c(C)c1. The summed E-state index contributed by atoms with van der Waals surface area (Å²) in [5, 5.41) is 8.31. The lowest BCUT2D eigenvalue weighted by Gasteiger charge is -2.14. The Morgan fingerprint density at radius 2 is 1.67 bits per heavy atom. The maximum absolute atomic E-state index is 13.0. The summed E-state index contributed by atoms with van der Waals surface area (Å²) in [7, 11) is -3.72. The number of aryl methyl sites for hydroxylation is 3. The van der Waals surface area contributed by atoms with Gasteiger partial charge in [0.2, 0.25) is 5.88 Å². The molecule has 1 heterocycles. The van der Waals surface area contributed by atoms with Gasteiger partial charge in [0.05, 0.1) is 17.2 Å². The van der Waals surface area contributed by atoms with Crippen molar-refractivity contribution in [3.8, 4) is 17.1 Å². The van der Waals surface area contributed by atoms with Crippen LogP contribution in [0.15, 0.2) is 53.4 Å². The third-order valence-electron chi connectivity index (χ3n) is 4.49. The zero-order chi connectivity index (χ0) is 21.9. The van der Waals surface area contributed by atoms with Crippen LogP contribution in [-0.4, -0.2) is 25.2 Å². The molecule has 0 fully saturated rings. The lowest BCUT2D eigenvalue weighted by atomic mass is 10.1. The van der Waals surface area contributed by atoms with Gasteiger partial charge in [0.15, 0.2) is 0 Å². The van der Waals surface area contributed by atoms with Gasteiger partial charge in [0.1, 0.15) is 0 Å². The van der Waals surface area contributed by atoms with Crippen LogP contribution in [0.5, 0.6) is 5.88 Å². The largest absolute Gasteiger partial charge is 0.476 e. The van der Waals surface area contributed by atoms with E-state index in [1.807, 2.05) is 45.0 Å². The summed E-state index contributed by atoms with van der Waals surface area (Å²) >= 11 is 0. The normalized spacial score (nSPS) is 11.5. The molecule has 0 aliphatic heterocycles. The van der Waals surface area contributed by atoms with E-state index >= 15 is 0 Å². The van der Waals surface area contributed by atoms with Crippen molar-refractivity contribution in [3.05, 3.63) is 65.2 Å². The molecule has 0 aliphatic rings. The molecular formula is C23H27N3O3S. The van der Waals surface area contributed by atoms with Crippen LogP contribution in [0.25, 0.3) is 11.3 Å². The fraction of sp³-hybridized carbons (Fsp3) is 0.304. The van der Waals surface area contributed by atoms with Crippen LogP contribution in [0.4, 0.5) is 5.69 Å². The molecule has 0 radical (unpaired) electrons. The molecule has 1 aromatic heterocycles. The monoisotopic (exact) mass is 425 g/mol. The molecule has 0 spiro atoms. The number of benzene rings is 2. The van der Waals surface area contributed by atoms with E-state index in [-0.39, 0.29) is 0 Å². The fourth-order valence-electron chi connectivity index (χ4n) is 3.34. The zero-order valence-corrected chi connectivity index (χ0v) is 18.7. The number of sulfonamides is 1. The van der Waals surface area contributed by atoms with Gasteiger partial charge in [0.25, 0.3) is 10.0 Å². The first kappa shape index (κ1) is 21.8. The van der Waals surface area contributed by atoms with Crippen molar-refractivity contribution < 1.29 is 13.2 Å². The van der Waals surface area contributed by atoms with Gasteiger partial charge in [-0.25, -0.2) is 8.42 Å². The van der Waals surface area contributed by atoms with E-state index in [9.17, 15) is 8.42 Å². The van der Waals surface area contributed by atoms with E-state index in [4.69, 9.17) is 4.74 Å². The van der Waals surface area contributed by atoms with Crippen LogP contribution >= 0.6 is 0 Å². The van der Waals surface area contributed by atoms with Crippen molar-refractivity contribution >= 4 is 15.7 Å². The van der Waals surface area contributed by atoms with E-state index in [1.165, 1.54) is 0 Å². The summed E-state index contributed by atoms with van der Waals surface area (Å²) in [4.78, 5) is 0.310. The van der Waals surface area contributed by atoms with Crippen LogP contribution in [0.3, 0.4) is 0 Å². The van der Waals surface area contributed by atoms with Crippen molar-refractivity contribution in [3.63, 3.8) is 0 Å². The second-order valence-electron chi connectivity index (χ2n) is 7.88. The number of nitrogens with one attached hydrogen (secondary N) is 1. The van der Waals surface area contributed by atoms with Gasteiger partial charge in [-0.3, -0.25) is 4.72 Å². The topological polar surface area (TPSA) is 81.2 Å². The number of ether oxygens (including phenoxy) is 1. The van der Waals surface area contributed by atoms with E-state index < -0.39 is 10.0 Å². The highest BCUT2D eigenvalue weighted by molar-refractivity contribution is 7.92. The Morgan fingerprint density at radius 1 is 0.967 bits per heavy atom. The van der Waals surface area contributed by atoms with E-state index in [2.05, 4.69) is 28.8 Å². The maximum Gasteiger partial charge on any atom is 0.262 e. The van der Waals surface area contributed by atoms with Gasteiger partial charge < -0.3 is 4.74 Å². The highest BCUT2D eigenvalue weighted by atomic mass is 32.2. The average molecular weight is 426 g/mol. The van der Waals surface area contributed by atoms with Crippen molar-refractivity contribution in [1.29, 1.82) is 0 Å². The number of rotatable bonds is 7. The number of aromatic nitrogens is 2. The summed E-state index contributed by atoms with van der Waals surface area (Å²) < 4.78 is 34.3. The quantitative estimate of drug-likeness (QED) is 0.582. The van der Waals surface area contributed by atoms with Crippen LogP contribution in [-0.2, 0) is 10.0 Å². The second-order valence-corrected chi connectivity index (χ2v) is 9.50. The molecule has 0 amide bonds. The molecule has 0 unspecified atom stereocenters. The molecule has 0 bridgehead atoms. The first-order valence-corrected chi connectivity index (χ1v) is 11.3. The lowest BCUT2D eigenvalue weighted by Crippen LogP contribution is -2.16. The Bertz CT molecular complexity index is 1120. The summed E-state index contributed by atoms with van der Waals surface area (Å²) in [5.41, 5.74) is 4.34. The smallest absolute Gasteiger partial charge is 0.262 e. The van der Waals surface area contributed by atoms with Crippen LogP contribution in [0, 0.1) is 26.7 Å². The van der Waals surface area contributed by atoms with Crippen LogP contribution in [0.1, 0.15) is 30.5 Å². The van der Waals surface area contributed by atoms with Crippen LogP contribution < -0.4 is 9.46 Å². The minimum atomic E-state index is -3.72. The number of hydrogen-bond acceptors (Lipinski definition) is 5. The molecule has 3 aromatic rings. The molecule has 0 atom stereocenters. The molecule has 1 N–H and O–H groups in total. The predicted molar refractivity (Wildman–Crippen MR) is 119 cm³/mol. The molecule has 2 aromatic carbocycles. The molecule has 30 heavy (non-hydrogen) atoms. The molecule has 7 heteroatoms. The fourth-order valence-corrected chi connectivity index (χ4v) is 4.85. The number of nitrogens with zero attached hydrogens (tertiary/aromatic N) is 2. The summed E-state index contributed by atoms with van der Waals surface area (Å²) in [6, 6.07) is 14.4. The first-order chi connectivity index (χ1) is 14.2.